The Bertz CT molecular complexity index is 530. The average Bonchev–Trinajstić information content (AvgIpc) is 3.37. The van der Waals surface area contributed by atoms with Crippen LogP contribution >= 0.6 is 0 Å². The largest absolute Gasteiger partial charge is 0.356 e. The lowest BCUT2D eigenvalue weighted by Crippen LogP contribution is -2.39. The summed E-state index contributed by atoms with van der Waals surface area (Å²) < 4.78 is 0. The zero-order valence-corrected chi connectivity index (χ0v) is 29.0. The fourth-order valence-corrected chi connectivity index (χ4v) is 6.72. The van der Waals surface area contributed by atoms with E-state index in [9.17, 15) is 0 Å². The lowest BCUT2D eigenvalue weighted by atomic mass is 10.0. The predicted molar refractivity (Wildman–Crippen MR) is 186 cm³/mol. The van der Waals surface area contributed by atoms with Crippen LogP contribution in [-0.4, -0.2) is 29.1 Å². The molecule has 1 unspecified atom stereocenters. The quantitative estimate of drug-likeness (QED) is 0.0719. The smallest absolute Gasteiger partial charge is 0.101 e. The van der Waals surface area contributed by atoms with Crippen LogP contribution in [0.3, 0.4) is 0 Å². The fourth-order valence-electron chi connectivity index (χ4n) is 6.72. The minimum Gasteiger partial charge on any atom is -0.356 e. The van der Waals surface area contributed by atoms with Crippen molar-refractivity contribution >= 4 is 0 Å². The normalized spacial score (nSPS) is 15.0. The maximum Gasteiger partial charge on any atom is 0.101 e. The molecular weight excluding hydrogens is 496 g/mol. The molecule has 0 N–H and O–H groups in total. The van der Waals surface area contributed by atoms with Gasteiger partial charge in [0, 0.05) is 25.5 Å². The molecule has 1 rings (SSSR count). The van der Waals surface area contributed by atoms with E-state index in [1.807, 2.05) is 0 Å². The van der Waals surface area contributed by atoms with Crippen molar-refractivity contribution in [1.29, 1.82) is 0 Å². The highest BCUT2D eigenvalue weighted by Gasteiger charge is 2.24. The van der Waals surface area contributed by atoms with Crippen LogP contribution in [-0.2, 0) is 0 Å². The second-order valence-electron chi connectivity index (χ2n) is 13.6. The Morgan fingerprint density at radius 2 is 0.561 bits per heavy atom. The van der Waals surface area contributed by atoms with Gasteiger partial charge >= 0.3 is 0 Å². The molecule has 244 valence electrons. The molecule has 1 atom stereocenters. The van der Waals surface area contributed by atoms with Crippen LogP contribution in [0.5, 0.6) is 0 Å². The molecule has 1 heterocycles. The SMILES string of the molecule is CCCCCCCCCCCCCCCCCN1C=CN(CCCCCCCCCCCCCC)C1CCCCC. The molecule has 0 saturated carbocycles. The van der Waals surface area contributed by atoms with Crippen molar-refractivity contribution in [2.45, 2.75) is 226 Å². The Morgan fingerprint density at radius 1 is 0.317 bits per heavy atom. The summed E-state index contributed by atoms with van der Waals surface area (Å²) in [6.07, 6.45) is 50.0. The van der Waals surface area contributed by atoms with E-state index in [0.29, 0.717) is 6.17 Å². The van der Waals surface area contributed by atoms with E-state index < -0.39 is 0 Å². The van der Waals surface area contributed by atoms with E-state index in [0.717, 1.165) is 0 Å². The van der Waals surface area contributed by atoms with E-state index >= 15 is 0 Å². The highest BCUT2D eigenvalue weighted by molar-refractivity contribution is 4.97. The topological polar surface area (TPSA) is 6.48 Å². The first-order chi connectivity index (χ1) is 20.3. The molecule has 1 aliphatic heterocycles. The first-order valence-electron chi connectivity index (χ1n) is 19.5. The first kappa shape index (κ1) is 38.4. The molecular formula is C39H78N2. The molecule has 0 bridgehead atoms. The summed E-state index contributed by atoms with van der Waals surface area (Å²) in [6, 6.07) is 0. The Labute approximate surface area is 260 Å². The lowest BCUT2D eigenvalue weighted by Gasteiger charge is -2.33. The number of unbranched alkanes of at least 4 members (excludes halogenated alkanes) is 27. The minimum atomic E-state index is 0.640. The third-order valence-corrected chi connectivity index (χ3v) is 9.57. The highest BCUT2D eigenvalue weighted by atomic mass is 15.4. The van der Waals surface area contributed by atoms with E-state index in [-0.39, 0.29) is 0 Å². The zero-order valence-electron chi connectivity index (χ0n) is 29.0. The van der Waals surface area contributed by atoms with Gasteiger partial charge in [-0.2, -0.15) is 0 Å². The van der Waals surface area contributed by atoms with Crippen molar-refractivity contribution in [3.05, 3.63) is 12.4 Å². The average molecular weight is 575 g/mol. The van der Waals surface area contributed by atoms with Crippen LogP contribution in [0.2, 0.25) is 0 Å². The van der Waals surface area contributed by atoms with Crippen molar-refractivity contribution in [2.24, 2.45) is 0 Å². The van der Waals surface area contributed by atoms with Gasteiger partial charge in [0.15, 0.2) is 0 Å². The van der Waals surface area contributed by atoms with E-state index in [2.05, 4.69) is 43.0 Å². The highest BCUT2D eigenvalue weighted by Crippen LogP contribution is 2.23. The summed E-state index contributed by atoms with van der Waals surface area (Å²) in [7, 11) is 0. The molecule has 0 aromatic rings. The Kier molecular flexibility index (Phi) is 28.8. The third-order valence-electron chi connectivity index (χ3n) is 9.57. The van der Waals surface area contributed by atoms with E-state index in [1.54, 1.807) is 0 Å². The molecule has 2 heteroatoms. The molecule has 2 nitrogen and oxygen atoms in total. The monoisotopic (exact) mass is 575 g/mol. The lowest BCUT2D eigenvalue weighted by molar-refractivity contribution is 0.135. The van der Waals surface area contributed by atoms with Gasteiger partial charge in [-0.05, 0) is 25.7 Å². The summed E-state index contributed by atoms with van der Waals surface area (Å²) in [5.74, 6) is 0. The van der Waals surface area contributed by atoms with Crippen LogP contribution in [0.4, 0.5) is 0 Å². The zero-order chi connectivity index (χ0) is 29.5. The Morgan fingerprint density at radius 3 is 0.854 bits per heavy atom. The van der Waals surface area contributed by atoms with Crippen LogP contribution in [0.25, 0.3) is 0 Å². The van der Waals surface area contributed by atoms with Gasteiger partial charge in [-0.3, -0.25) is 0 Å². The molecule has 0 aromatic heterocycles. The minimum absolute atomic E-state index is 0.640. The molecule has 0 radical (unpaired) electrons. The van der Waals surface area contributed by atoms with Crippen molar-refractivity contribution < 1.29 is 0 Å². The van der Waals surface area contributed by atoms with Gasteiger partial charge in [0.25, 0.3) is 0 Å². The van der Waals surface area contributed by atoms with Crippen LogP contribution in [0.1, 0.15) is 220 Å². The first-order valence-corrected chi connectivity index (χ1v) is 19.5. The van der Waals surface area contributed by atoms with Gasteiger partial charge in [0.1, 0.15) is 6.17 Å². The predicted octanol–water partition coefficient (Wildman–Crippen LogP) is 13.6. The molecule has 1 aliphatic rings. The number of rotatable bonds is 33. The molecule has 0 saturated heterocycles. The maximum absolute atomic E-state index is 2.69. The fraction of sp³-hybridized carbons (Fsp3) is 0.949. The second kappa shape index (κ2) is 30.8. The van der Waals surface area contributed by atoms with Crippen LogP contribution < -0.4 is 0 Å². The van der Waals surface area contributed by atoms with Crippen molar-refractivity contribution in [3.63, 3.8) is 0 Å². The Hall–Kier alpha value is -0.660. The number of hydrogen-bond acceptors (Lipinski definition) is 2. The number of hydrogen-bond donors (Lipinski definition) is 0. The van der Waals surface area contributed by atoms with Gasteiger partial charge < -0.3 is 9.80 Å². The van der Waals surface area contributed by atoms with Gasteiger partial charge in [-0.15, -0.1) is 0 Å². The second-order valence-corrected chi connectivity index (χ2v) is 13.6. The van der Waals surface area contributed by atoms with Crippen molar-refractivity contribution in [1.82, 2.24) is 9.80 Å². The number of nitrogens with zero attached hydrogens (tertiary/aromatic N) is 2. The van der Waals surface area contributed by atoms with Crippen molar-refractivity contribution in [3.8, 4) is 0 Å². The van der Waals surface area contributed by atoms with Gasteiger partial charge in [-0.1, -0.05) is 194 Å². The molecule has 0 amide bonds. The maximum atomic E-state index is 2.69. The van der Waals surface area contributed by atoms with Gasteiger partial charge in [0.2, 0.25) is 0 Å². The summed E-state index contributed by atoms with van der Waals surface area (Å²) in [5.41, 5.74) is 0. The summed E-state index contributed by atoms with van der Waals surface area (Å²) >= 11 is 0. The third kappa shape index (κ3) is 23.5. The van der Waals surface area contributed by atoms with Crippen LogP contribution in [0.15, 0.2) is 12.4 Å². The molecule has 0 aromatic carbocycles. The summed E-state index contributed by atoms with van der Waals surface area (Å²) in [4.78, 5) is 5.38. The van der Waals surface area contributed by atoms with Crippen LogP contribution in [0, 0.1) is 0 Å². The molecule has 0 aliphatic carbocycles. The molecule has 41 heavy (non-hydrogen) atoms. The van der Waals surface area contributed by atoms with Crippen molar-refractivity contribution in [2.75, 3.05) is 13.1 Å². The van der Waals surface area contributed by atoms with Gasteiger partial charge in [-0.25, -0.2) is 0 Å². The summed E-state index contributed by atoms with van der Waals surface area (Å²) in [5, 5.41) is 0. The standard InChI is InChI=1S/C39H78N2/c1-4-7-10-12-14-16-18-20-21-22-24-26-28-30-33-36-41-38-37-40(39(41)34-31-9-6-3)35-32-29-27-25-23-19-17-15-13-11-8-5-2/h37-39H,4-36H2,1-3H3. The molecule has 0 spiro atoms. The Balaban J connectivity index is 2.04. The van der Waals surface area contributed by atoms with E-state index in [4.69, 9.17) is 0 Å². The molecule has 0 fully saturated rings. The summed E-state index contributed by atoms with van der Waals surface area (Å²) in [6.45, 7) is 9.49. The van der Waals surface area contributed by atoms with E-state index in [1.165, 1.54) is 212 Å². The van der Waals surface area contributed by atoms with Gasteiger partial charge in [0.05, 0.1) is 0 Å².